The Hall–Kier alpha value is -2.45. The number of hydrogen-bond acceptors (Lipinski definition) is 2. The van der Waals surface area contributed by atoms with E-state index in [0.29, 0.717) is 14.5 Å². The molecule has 0 fully saturated rings. The number of rotatable bonds is 1. The van der Waals surface area contributed by atoms with Crippen molar-refractivity contribution in [3.63, 3.8) is 0 Å². The molecule has 0 N–H and O–H groups in total. The summed E-state index contributed by atoms with van der Waals surface area (Å²) in [5.41, 5.74) is 2.37. The molecule has 0 atom stereocenters. The third kappa shape index (κ3) is 2.05. The van der Waals surface area contributed by atoms with Gasteiger partial charge in [-0.25, -0.2) is 0 Å². The molecule has 0 aliphatic carbocycles. The van der Waals surface area contributed by atoms with Crippen molar-refractivity contribution in [3.05, 3.63) is 78.9 Å². The van der Waals surface area contributed by atoms with E-state index >= 15 is 0 Å². The number of fused-ring (bicyclic) bond motifs is 6. The van der Waals surface area contributed by atoms with E-state index in [2.05, 4.69) is 78.9 Å². The number of nitrogens with zero attached hydrogens (tertiary/aromatic N) is 1. The molecule has 1 nitrogen and oxygen atoms in total. The maximum absolute atomic E-state index is 4.97. The number of benzene rings is 4. The summed E-state index contributed by atoms with van der Waals surface area (Å²) in [5, 5.41) is 6.63. The summed E-state index contributed by atoms with van der Waals surface area (Å²) < 4.78 is 4.24. The number of para-hydroxylation sites is 1. The van der Waals surface area contributed by atoms with Crippen molar-refractivity contribution in [2.45, 2.75) is 0 Å². The molecule has 0 bridgehead atoms. The molecule has 0 saturated heterocycles. The quantitative estimate of drug-likeness (QED) is 0.281. The second-order valence-corrected chi connectivity index (χ2v) is 9.67. The van der Waals surface area contributed by atoms with Crippen LogP contribution in [-0.4, -0.2) is 19.5 Å². The molecule has 3 heteroatoms. The van der Waals surface area contributed by atoms with E-state index in [4.69, 9.17) is 4.98 Å². The predicted molar refractivity (Wildman–Crippen MR) is 115 cm³/mol. The van der Waals surface area contributed by atoms with E-state index in [9.17, 15) is 0 Å². The van der Waals surface area contributed by atoms with Crippen molar-refractivity contribution in [1.29, 1.82) is 0 Å². The zero-order valence-electron chi connectivity index (χ0n) is 13.8. The van der Waals surface area contributed by atoms with E-state index in [-0.39, 0.29) is 0 Å². The van der Waals surface area contributed by atoms with Gasteiger partial charge in [0.05, 0.1) is 0 Å². The fourth-order valence-electron chi connectivity index (χ4n) is 3.72. The summed E-state index contributed by atoms with van der Waals surface area (Å²) >= 11 is 2.14. The predicted octanol–water partition coefficient (Wildman–Crippen LogP) is 6.48. The molecule has 2 aromatic heterocycles. The van der Waals surface area contributed by atoms with Crippen LogP contribution in [0.2, 0.25) is 0 Å². The molecular weight excluding hydrogens is 401 g/mol. The SMILES string of the molecule is c1ccc2c(c1)cc(-c1nc3ccccc3s1)c1c3ccccc3[se]c21. The average molecular weight is 414 g/mol. The van der Waals surface area contributed by atoms with Gasteiger partial charge in [-0.3, -0.25) is 0 Å². The van der Waals surface area contributed by atoms with Crippen molar-refractivity contribution in [3.8, 4) is 10.6 Å². The Morgan fingerprint density at radius 2 is 1.54 bits per heavy atom. The fourth-order valence-corrected chi connectivity index (χ4v) is 7.36. The maximum atomic E-state index is 4.97. The van der Waals surface area contributed by atoms with Crippen molar-refractivity contribution in [2.75, 3.05) is 0 Å². The second kappa shape index (κ2) is 5.52. The molecule has 2 heterocycles. The summed E-state index contributed by atoms with van der Waals surface area (Å²) in [7, 11) is 0. The molecule has 6 rings (SSSR count). The topological polar surface area (TPSA) is 12.9 Å². The van der Waals surface area contributed by atoms with Gasteiger partial charge in [0.1, 0.15) is 0 Å². The zero-order chi connectivity index (χ0) is 17.1. The van der Waals surface area contributed by atoms with Crippen LogP contribution < -0.4 is 0 Å². The molecule has 0 amide bonds. The molecule has 0 aliphatic rings. The van der Waals surface area contributed by atoms with E-state index in [1.165, 1.54) is 40.3 Å². The standard InChI is InChI=1S/C23H13NSSe/c1-2-8-15-14(7-1)13-17(23-24-18-10-4-5-11-19(18)25-23)21-16-9-3-6-12-20(16)26-22(15)21/h1-13H. The van der Waals surface area contributed by atoms with Crippen molar-refractivity contribution in [1.82, 2.24) is 4.98 Å². The van der Waals surface area contributed by atoms with Crippen molar-refractivity contribution in [2.24, 2.45) is 0 Å². The fraction of sp³-hybridized carbons (Fsp3) is 0. The van der Waals surface area contributed by atoms with Gasteiger partial charge in [0.2, 0.25) is 0 Å². The Morgan fingerprint density at radius 1 is 0.769 bits per heavy atom. The normalized spacial score (nSPS) is 11.8. The first-order chi connectivity index (χ1) is 12.9. The van der Waals surface area contributed by atoms with Crippen molar-refractivity contribution < 1.29 is 0 Å². The zero-order valence-corrected chi connectivity index (χ0v) is 16.3. The van der Waals surface area contributed by atoms with Crippen LogP contribution in [0.5, 0.6) is 0 Å². The van der Waals surface area contributed by atoms with Gasteiger partial charge >= 0.3 is 161 Å². The average Bonchev–Trinajstić information content (AvgIpc) is 3.29. The van der Waals surface area contributed by atoms with E-state index in [1.54, 1.807) is 11.3 Å². The molecule has 0 aliphatic heterocycles. The van der Waals surface area contributed by atoms with Crippen LogP contribution in [0.3, 0.4) is 0 Å². The van der Waals surface area contributed by atoms with Crippen molar-refractivity contribution >= 4 is 66.1 Å². The minimum atomic E-state index is 0.345. The Kier molecular flexibility index (Phi) is 3.12. The van der Waals surface area contributed by atoms with Crippen LogP contribution in [0.15, 0.2) is 78.9 Å². The molecular formula is C23H13NSSe. The molecule has 4 aromatic carbocycles. The second-order valence-electron chi connectivity index (χ2n) is 6.43. The molecule has 0 radical (unpaired) electrons. The summed E-state index contributed by atoms with van der Waals surface area (Å²) in [5.74, 6) is 0. The Bertz CT molecular complexity index is 1410. The molecule has 0 spiro atoms. The van der Waals surface area contributed by atoms with Gasteiger partial charge in [0.15, 0.2) is 0 Å². The van der Waals surface area contributed by atoms with Gasteiger partial charge in [0.25, 0.3) is 0 Å². The van der Waals surface area contributed by atoms with Crippen LogP contribution in [0.4, 0.5) is 0 Å². The van der Waals surface area contributed by atoms with Gasteiger partial charge in [-0.05, 0) is 0 Å². The van der Waals surface area contributed by atoms with Gasteiger partial charge in [-0.1, -0.05) is 0 Å². The first-order valence-corrected chi connectivity index (χ1v) is 11.1. The summed E-state index contributed by atoms with van der Waals surface area (Å²) in [6, 6.07) is 28.4. The summed E-state index contributed by atoms with van der Waals surface area (Å²) in [6.07, 6.45) is 0. The Labute approximate surface area is 160 Å². The molecule has 122 valence electrons. The van der Waals surface area contributed by atoms with Gasteiger partial charge < -0.3 is 0 Å². The molecule has 0 unspecified atom stereocenters. The van der Waals surface area contributed by atoms with Crippen LogP contribution in [0.25, 0.3) is 50.9 Å². The van der Waals surface area contributed by atoms with Crippen LogP contribution in [-0.2, 0) is 0 Å². The van der Waals surface area contributed by atoms with E-state index in [0.717, 1.165) is 10.5 Å². The van der Waals surface area contributed by atoms with Gasteiger partial charge in [-0.2, -0.15) is 0 Å². The van der Waals surface area contributed by atoms with Gasteiger partial charge in [-0.15, -0.1) is 0 Å². The molecule has 26 heavy (non-hydrogen) atoms. The molecule has 6 aromatic rings. The summed E-state index contributed by atoms with van der Waals surface area (Å²) in [4.78, 5) is 4.97. The van der Waals surface area contributed by atoms with Gasteiger partial charge in [0, 0.05) is 0 Å². The third-order valence-corrected chi connectivity index (χ3v) is 8.49. The minimum absolute atomic E-state index is 0.345. The van der Waals surface area contributed by atoms with Crippen LogP contribution in [0, 0.1) is 0 Å². The Morgan fingerprint density at radius 3 is 2.46 bits per heavy atom. The first-order valence-electron chi connectivity index (χ1n) is 8.57. The van der Waals surface area contributed by atoms with Crippen LogP contribution >= 0.6 is 11.3 Å². The summed E-state index contributed by atoms with van der Waals surface area (Å²) in [6.45, 7) is 0. The van der Waals surface area contributed by atoms with Crippen LogP contribution in [0.1, 0.15) is 0 Å². The monoisotopic (exact) mass is 415 g/mol. The number of hydrogen-bond donors (Lipinski definition) is 0. The number of thiazole rings is 1. The Balaban J connectivity index is 1.83. The molecule has 0 saturated carbocycles. The first kappa shape index (κ1) is 14.7. The van der Waals surface area contributed by atoms with E-state index < -0.39 is 0 Å². The van der Waals surface area contributed by atoms with E-state index in [1.807, 2.05) is 0 Å². The third-order valence-electron chi connectivity index (χ3n) is 4.89. The number of aromatic nitrogens is 1.